The second-order valence-electron chi connectivity index (χ2n) is 6.19. The Morgan fingerprint density at radius 3 is 2.87 bits per heavy atom. The largest absolute Gasteiger partial charge is 0.336 e. The van der Waals surface area contributed by atoms with Crippen molar-refractivity contribution >= 4 is 17.6 Å². The lowest BCUT2D eigenvalue weighted by Crippen LogP contribution is -2.55. The molecule has 1 heterocycles. The van der Waals surface area contributed by atoms with Crippen LogP contribution in [0.1, 0.15) is 5.56 Å². The van der Waals surface area contributed by atoms with E-state index in [4.69, 9.17) is 11.6 Å². The second-order valence-corrected chi connectivity index (χ2v) is 6.59. The molecule has 0 radical (unpaired) electrons. The first-order chi connectivity index (χ1) is 10.9. The van der Waals surface area contributed by atoms with Crippen molar-refractivity contribution in [1.29, 1.82) is 0 Å². The monoisotopic (exact) mass is 342 g/mol. The molecule has 1 atom stereocenters. The fraction of sp³-hybridized carbons (Fsp3) is 0.562. The quantitative estimate of drug-likeness (QED) is 0.908. The summed E-state index contributed by atoms with van der Waals surface area (Å²) in [6, 6.07) is 4.72. The fourth-order valence-corrected chi connectivity index (χ4v) is 2.76. The number of halogens is 2. The molecule has 1 saturated heterocycles. The highest BCUT2D eigenvalue weighted by atomic mass is 35.5. The first kappa shape index (κ1) is 18.0. The Balaban J connectivity index is 1.83. The average molecular weight is 343 g/mol. The minimum Gasteiger partial charge on any atom is -0.336 e. The Bertz CT molecular complexity index is 557. The van der Waals surface area contributed by atoms with Crippen LogP contribution in [0.3, 0.4) is 0 Å². The Hall–Kier alpha value is -1.37. The Kier molecular flexibility index (Phi) is 6.21. The van der Waals surface area contributed by atoms with Crippen LogP contribution in [-0.2, 0) is 6.54 Å². The van der Waals surface area contributed by atoms with E-state index in [1.807, 2.05) is 0 Å². The van der Waals surface area contributed by atoms with Gasteiger partial charge in [-0.1, -0.05) is 17.7 Å². The van der Waals surface area contributed by atoms with Gasteiger partial charge in [0.25, 0.3) is 0 Å². The van der Waals surface area contributed by atoms with Gasteiger partial charge in [-0.2, -0.15) is 0 Å². The molecular weight excluding hydrogens is 319 g/mol. The number of carbonyl (C=O) groups excluding carboxylic acids is 1. The fourth-order valence-electron chi connectivity index (χ4n) is 2.65. The third-order valence-electron chi connectivity index (χ3n) is 4.22. The van der Waals surface area contributed by atoms with E-state index in [0.717, 1.165) is 19.6 Å². The lowest BCUT2D eigenvalue weighted by molar-refractivity contribution is 0.113. The number of nitrogens with one attached hydrogen (secondary N) is 1. The van der Waals surface area contributed by atoms with E-state index in [1.165, 1.54) is 17.0 Å². The van der Waals surface area contributed by atoms with Crippen molar-refractivity contribution in [3.8, 4) is 0 Å². The van der Waals surface area contributed by atoms with Gasteiger partial charge in [0.1, 0.15) is 5.82 Å². The number of carbonyl (C=O) groups is 1. The molecule has 0 aliphatic carbocycles. The summed E-state index contributed by atoms with van der Waals surface area (Å²) < 4.78 is 13.4. The van der Waals surface area contributed by atoms with E-state index in [0.29, 0.717) is 24.7 Å². The zero-order valence-electron chi connectivity index (χ0n) is 13.9. The maximum Gasteiger partial charge on any atom is 0.317 e. The van der Waals surface area contributed by atoms with Gasteiger partial charge in [-0.3, -0.25) is 4.90 Å². The molecule has 1 N–H and O–H groups in total. The minimum atomic E-state index is -0.468. The maximum absolute atomic E-state index is 13.4. The molecule has 0 aromatic heterocycles. The predicted molar refractivity (Wildman–Crippen MR) is 90.2 cm³/mol. The molecular formula is C16H24ClFN4O. The van der Waals surface area contributed by atoms with Crippen LogP contribution in [-0.4, -0.2) is 74.1 Å². The summed E-state index contributed by atoms with van der Waals surface area (Å²) in [6.07, 6.45) is 0. The van der Waals surface area contributed by atoms with Crippen LogP contribution in [0.5, 0.6) is 0 Å². The van der Waals surface area contributed by atoms with Gasteiger partial charge in [-0.25, -0.2) is 9.18 Å². The molecule has 1 aliphatic rings. The van der Waals surface area contributed by atoms with Gasteiger partial charge in [0.15, 0.2) is 0 Å². The van der Waals surface area contributed by atoms with E-state index in [-0.39, 0.29) is 11.1 Å². The van der Waals surface area contributed by atoms with Crippen LogP contribution in [0.2, 0.25) is 5.02 Å². The van der Waals surface area contributed by atoms with Gasteiger partial charge in [0.05, 0.1) is 5.02 Å². The normalized spacial score (nSPS) is 19.6. The van der Waals surface area contributed by atoms with Gasteiger partial charge in [0.2, 0.25) is 0 Å². The summed E-state index contributed by atoms with van der Waals surface area (Å²) in [5.41, 5.74) is 0.707. The van der Waals surface area contributed by atoms with Gasteiger partial charge in [0, 0.05) is 45.8 Å². The predicted octanol–water partition coefficient (Wildman–Crippen LogP) is 1.87. The van der Waals surface area contributed by atoms with Crippen molar-refractivity contribution in [2.24, 2.45) is 0 Å². The van der Waals surface area contributed by atoms with E-state index >= 15 is 0 Å². The molecule has 128 valence electrons. The number of urea groups is 1. The first-order valence-electron chi connectivity index (χ1n) is 7.68. The number of rotatable bonds is 4. The van der Waals surface area contributed by atoms with Gasteiger partial charge >= 0.3 is 6.03 Å². The van der Waals surface area contributed by atoms with E-state index < -0.39 is 5.82 Å². The molecule has 23 heavy (non-hydrogen) atoms. The van der Waals surface area contributed by atoms with Crippen LogP contribution in [0.4, 0.5) is 9.18 Å². The molecule has 2 amide bonds. The number of likely N-dealkylation sites (N-methyl/N-ethyl adjacent to an activating group) is 2. The SMILES string of the molecule is CN1CCN(C)[C@H](CNC(=O)N(C)Cc2ccc(Cl)c(F)c2)C1. The number of nitrogens with zero attached hydrogens (tertiary/aromatic N) is 3. The molecule has 2 rings (SSSR count). The van der Waals surface area contributed by atoms with Crippen molar-refractivity contribution < 1.29 is 9.18 Å². The molecule has 0 saturated carbocycles. The standard InChI is InChI=1S/C16H24ClFN4O/c1-20-6-7-21(2)13(11-20)9-19-16(23)22(3)10-12-4-5-14(17)15(18)8-12/h4-5,8,13H,6-7,9-11H2,1-3H3,(H,19,23)/t13-/m1/s1. The highest BCUT2D eigenvalue weighted by Crippen LogP contribution is 2.16. The topological polar surface area (TPSA) is 38.8 Å². The number of hydrogen-bond acceptors (Lipinski definition) is 3. The van der Waals surface area contributed by atoms with Gasteiger partial charge in [-0.05, 0) is 31.8 Å². The third kappa shape index (κ3) is 5.06. The highest BCUT2D eigenvalue weighted by molar-refractivity contribution is 6.30. The van der Waals surface area contributed by atoms with Crippen LogP contribution >= 0.6 is 11.6 Å². The lowest BCUT2D eigenvalue weighted by Gasteiger charge is -2.37. The molecule has 0 bridgehead atoms. The number of amides is 2. The van der Waals surface area contributed by atoms with E-state index in [1.54, 1.807) is 13.1 Å². The van der Waals surface area contributed by atoms with Crippen LogP contribution in [0.15, 0.2) is 18.2 Å². The van der Waals surface area contributed by atoms with Crippen molar-refractivity contribution in [1.82, 2.24) is 20.0 Å². The maximum atomic E-state index is 13.4. The molecule has 1 aromatic rings. The third-order valence-corrected chi connectivity index (χ3v) is 4.53. The van der Waals surface area contributed by atoms with E-state index in [9.17, 15) is 9.18 Å². The highest BCUT2D eigenvalue weighted by Gasteiger charge is 2.23. The summed E-state index contributed by atoms with van der Waals surface area (Å²) in [6.45, 7) is 3.90. The van der Waals surface area contributed by atoms with Crippen LogP contribution in [0.25, 0.3) is 0 Å². The summed E-state index contributed by atoms with van der Waals surface area (Å²) >= 11 is 5.66. The van der Waals surface area contributed by atoms with Crippen molar-refractivity contribution in [2.45, 2.75) is 12.6 Å². The summed E-state index contributed by atoms with van der Waals surface area (Å²) in [7, 11) is 5.85. The van der Waals surface area contributed by atoms with Crippen LogP contribution < -0.4 is 5.32 Å². The Labute approximate surface area is 142 Å². The number of hydrogen-bond donors (Lipinski definition) is 1. The minimum absolute atomic E-state index is 0.0883. The molecule has 1 aromatic carbocycles. The number of piperazine rings is 1. The zero-order valence-corrected chi connectivity index (χ0v) is 14.6. The molecule has 0 unspecified atom stereocenters. The van der Waals surface area contributed by atoms with Crippen molar-refractivity contribution in [2.75, 3.05) is 47.3 Å². The van der Waals surface area contributed by atoms with Gasteiger partial charge in [-0.15, -0.1) is 0 Å². The van der Waals surface area contributed by atoms with Crippen molar-refractivity contribution in [3.05, 3.63) is 34.6 Å². The average Bonchev–Trinajstić information content (AvgIpc) is 2.51. The molecule has 1 fully saturated rings. The van der Waals surface area contributed by atoms with Gasteiger partial charge < -0.3 is 15.1 Å². The molecule has 1 aliphatic heterocycles. The Morgan fingerprint density at radius 1 is 1.43 bits per heavy atom. The van der Waals surface area contributed by atoms with E-state index in [2.05, 4.69) is 29.2 Å². The van der Waals surface area contributed by atoms with Crippen LogP contribution in [0, 0.1) is 5.82 Å². The molecule has 7 heteroatoms. The molecule has 5 nitrogen and oxygen atoms in total. The van der Waals surface area contributed by atoms with Crippen molar-refractivity contribution in [3.63, 3.8) is 0 Å². The summed E-state index contributed by atoms with van der Waals surface area (Å²) in [4.78, 5) is 18.2. The summed E-state index contributed by atoms with van der Waals surface area (Å²) in [5.74, 6) is -0.468. The lowest BCUT2D eigenvalue weighted by atomic mass is 10.2. The second kappa shape index (κ2) is 7.95. The zero-order chi connectivity index (χ0) is 17.0. The Morgan fingerprint density at radius 2 is 2.17 bits per heavy atom. The smallest absolute Gasteiger partial charge is 0.317 e. The summed E-state index contributed by atoms with van der Waals surface area (Å²) in [5, 5.41) is 3.04. The number of benzene rings is 1. The molecule has 0 spiro atoms. The first-order valence-corrected chi connectivity index (χ1v) is 8.06.